The number of esters is 1. The number of carbonyl (C=O) groups is 3. The van der Waals surface area contributed by atoms with Crippen LogP contribution in [0.4, 0.5) is 0 Å². The summed E-state index contributed by atoms with van der Waals surface area (Å²) in [6.07, 6.45) is 0. The fourth-order valence-electron chi connectivity index (χ4n) is 1.24. The van der Waals surface area contributed by atoms with E-state index in [2.05, 4.69) is 15.6 Å². The number of ether oxygens (including phenoxy) is 2. The monoisotopic (exact) mass is 314 g/mol. The largest absolute Gasteiger partial charge is 0.480 e. The Morgan fingerprint density at radius 1 is 1.19 bits per heavy atom. The van der Waals surface area contributed by atoms with Gasteiger partial charge in [0.2, 0.25) is 5.91 Å². The van der Waals surface area contributed by atoms with E-state index in [1.54, 1.807) is 18.2 Å². The predicted molar refractivity (Wildman–Crippen MR) is 74.6 cm³/mol. The van der Waals surface area contributed by atoms with Gasteiger partial charge in [0.05, 0.1) is 5.02 Å². The van der Waals surface area contributed by atoms with Gasteiger partial charge in [-0.05, 0) is 24.6 Å². The standard InChI is InChI=1S/C13H15ClN2O5/c1-8-3-4-10(14)11(5-8)20-7-13(19)21-6-12(18)16-15-9(2)17/h3-5H,6-7H2,1-2H3,(H,15,17)(H,16,18). The first-order chi connectivity index (χ1) is 9.88. The van der Waals surface area contributed by atoms with E-state index >= 15 is 0 Å². The van der Waals surface area contributed by atoms with Crippen LogP contribution in [0.5, 0.6) is 5.75 Å². The number of amides is 2. The van der Waals surface area contributed by atoms with Crippen molar-refractivity contribution in [1.82, 2.24) is 10.9 Å². The number of benzene rings is 1. The van der Waals surface area contributed by atoms with Gasteiger partial charge in [-0.3, -0.25) is 20.4 Å². The first kappa shape index (κ1) is 16.8. The summed E-state index contributed by atoms with van der Waals surface area (Å²) in [5, 5.41) is 0.372. The van der Waals surface area contributed by atoms with Gasteiger partial charge in [-0.2, -0.15) is 0 Å². The average Bonchev–Trinajstić information content (AvgIpc) is 2.43. The Hall–Kier alpha value is -2.28. The van der Waals surface area contributed by atoms with Gasteiger partial charge in [-0.25, -0.2) is 4.79 Å². The molecule has 8 heteroatoms. The van der Waals surface area contributed by atoms with Crippen molar-refractivity contribution in [3.05, 3.63) is 28.8 Å². The molecule has 0 radical (unpaired) electrons. The van der Waals surface area contributed by atoms with Gasteiger partial charge in [0.25, 0.3) is 5.91 Å². The highest BCUT2D eigenvalue weighted by molar-refractivity contribution is 6.32. The number of carbonyl (C=O) groups excluding carboxylic acids is 3. The van der Waals surface area contributed by atoms with Gasteiger partial charge < -0.3 is 9.47 Å². The molecular weight excluding hydrogens is 300 g/mol. The minimum atomic E-state index is -0.731. The summed E-state index contributed by atoms with van der Waals surface area (Å²) >= 11 is 5.90. The Labute approximate surface area is 126 Å². The van der Waals surface area contributed by atoms with Crippen LogP contribution >= 0.6 is 11.6 Å². The summed E-state index contributed by atoms with van der Waals surface area (Å²) in [5.41, 5.74) is 5.04. The summed E-state index contributed by atoms with van der Waals surface area (Å²) in [7, 11) is 0. The van der Waals surface area contributed by atoms with E-state index in [4.69, 9.17) is 16.3 Å². The molecule has 0 atom stereocenters. The van der Waals surface area contributed by atoms with E-state index in [9.17, 15) is 14.4 Å². The summed E-state index contributed by atoms with van der Waals surface area (Å²) < 4.78 is 9.86. The predicted octanol–water partition coefficient (Wildman–Crippen LogP) is 0.738. The zero-order valence-corrected chi connectivity index (χ0v) is 12.3. The van der Waals surface area contributed by atoms with E-state index in [0.29, 0.717) is 10.8 Å². The van der Waals surface area contributed by atoms with Crippen LogP contribution in [0.15, 0.2) is 18.2 Å². The Balaban J connectivity index is 2.32. The molecule has 0 saturated heterocycles. The van der Waals surface area contributed by atoms with Crippen molar-refractivity contribution < 1.29 is 23.9 Å². The number of aryl methyl sites for hydroxylation is 1. The van der Waals surface area contributed by atoms with Crippen LogP contribution in [0, 0.1) is 6.92 Å². The van der Waals surface area contributed by atoms with E-state index < -0.39 is 24.4 Å². The maximum absolute atomic E-state index is 11.4. The van der Waals surface area contributed by atoms with Crippen LogP contribution in [0.25, 0.3) is 0 Å². The molecule has 0 unspecified atom stereocenters. The van der Waals surface area contributed by atoms with Crippen molar-refractivity contribution in [1.29, 1.82) is 0 Å². The molecule has 114 valence electrons. The molecule has 0 aliphatic rings. The average molecular weight is 315 g/mol. The van der Waals surface area contributed by atoms with Crippen LogP contribution in [-0.4, -0.2) is 31.0 Å². The smallest absolute Gasteiger partial charge is 0.344 e. The molecule has 0 aliphatic heterocycles. The van der Waals surface area contributed by atoms with Crippen LogP contribution in [0.3, 0.4) is 0 Å². The lowest BCUT2D eigenvalue weighted by atomic mass is 10.2. The Bertz CT molecular complexity index is 547. The third-order valence-corrected chi connectivity index (χ3v) is 2.49. The normalized spacial score (nSPS) is 9.67. The van der Waals surface area contributed by atoms with E-state index in [-0.39, 0.29) is 6.61 Å². The number of rotatable bonds is 5. The van der Waals surface area contributed by atoms with Crippen molar-refractivity contribution in [3.63, 3.8) is 0 Å². The minimum absolute atomic E-state index is 0.358. The molecule has 7 nitrogen and oxygen atoms in total. The van der Waals surface area contributed by atoms with Crippen molar-refractivity contribution in [2.75, 3.05) is 13.2 Å². The topological polar surface area (TPSA) is 93.7 Å². The van der Waals surface area contributed by atoms with Gasteiger partial charge in [-0.15, -0.1) is 0 Å². The zero-order valence-electron chi connectivity index (χ0n) is 11.6. The fraction of sp³-hybridized carbons (Fsp3) is 0.308. The number of hydrogen-bond acceptors (Lipinski definition) is 5. The third-order valence-electron chi connectivity index (χ3n) is 2.17. The molecular formula is C13H15ClN2O5. The summed E-state index contributed by atoms with van der Waals surface area (Å²) in [6, 6.07) is 5.14. The molecule has 0 heterocycles. The highest BCUT2D eigenvalue weighted by atomic mass is 35.5. The molecule has 1 aromatic rings. The fourth-order valence-corrected chi connectivity index (χ4v) is 1.41. The van der Waals surface area contributed by atoms with Crippen LogP contribution in [0.2, 0.25) is 5.02 Å². The van der Waals surface area contributed by atoms with E-state index in [0.717, 1.165) is 5.56 Å². The highest BCUT2D eigenvalue weighted by Crippen LogP contribution is 2.25. The van der Waals surface area contributed by atoms with Crippen molar-refractivity contribution in [2.45, 2.75) is 13.8 Å². The molecule has 0 aromatic heterocycles. The minimum Gasteiger partial charge on any atom is -0.480 e. The molecule has 1 rings (SSSR count). The maximum Gasteiger partial charge on any atom is 0.344 e. The molecule has 1 aromatic carbocycles. The summed E-state index contributed by atoms with van der Waals surface area (Å²) in [4.78, 5) is 33.1. The Morgan fingerprint density at radius 2 is 1.90 bits per heavy atom. The molecule has 0 aliphatic carbocycles. The molecule has 21 heavy (non-hydrogen) atoms. The molecule has 2 N–H and O–H groups in total. The highest BCUT2D eigenvalue weighted by Gasteiger charge is 2.10. The molecule has 2 amide bonds. The van der Waals surface area contributed by atoms with E-state index in [1.807, 2.05) is 6.92 Å². The van der Waals surface area contributed by atoms with Crippen LogP contribution in [-0.2, 0) is 19.1 Å². The zero-order chi connectivity index (χ0) is 15.8. The first-order valence-electron chi connectivity index (χ1n) is 5.98. The van der Waals surface area contributed by atoms with Gasteiger partial charge >= 0.3 is 5.97 Å². The number of hydrazine groups is 1. The first-order valence-corrected chi connectivity index (χ1v) is 6.36. The van der Waals surface area contributed by atoms with Gasteiger partial charge in [-0.1, -0.05) is 17.7 Å². The lowest BCUT2D eigenvalue weighted by molar-refractivity contribution is -0.150. The van der Waals surface area contributed by atoms with Crippen LogP contribution < -0.4 is 15.6 Å². The second-order valence-electron chi connectivity index (χ2n) is 4.11. The molecule has 0 spiro atoms. The Morgan fingerprint density at radius 3 is 2.57 bits per heavy atom. The Kier molecular flexibility index (Phi) is 6.48. The van der Waals surface area contributed by atoms with Gasteiger partial charge in [0.1, 0.15) is 5.75 Å². The maximum atomic E-state index is 11.4. The summed E-state index contributed by atoms with van der Waals surface area (Å²) in [5.74, 6) is -1.47. The van der Waals surface area contributed by atoms with E-state index in [1.165, 1.54) is 6.92 Å². The van der Waals surface area contributed by atoms with Crippen molar-refractivity contribution in [2.24, 2.45) is 0 Å². The molecule has 0 saturated carbocycles. The van der Waals surface area contributed by atoms with Crippen molar-refractivity contribution in [3.8, 4) is 5.75 Å². The van der Waals surface area contributed by atoms with Crippen LogP contribution in [0.1, 0.15) is 12.5 Å². The van der Waals surface area contributed by atoms with Gasteiger partial charge in [0.15, 0.2) is 13.2 Å². The summed E-state index contributed by atoms with van der Waals surface area (Å²) in [6.45, 7) is 2.18. The molecule has 0 fully saturated rings. The number of hydrogen-bond donors (Lipinski definition) is 2. The number of halogens is 1. The quantitative estimate of drug-likeness (QED) is 0.617. The lowest BCUT2D eigenvalue weighted by Crippen LogP contribution is -2.42. The van der Waals surface area contributed by atoms with Gasteiger partial charge in [0, 0.05) is 6.92 Å². The second kappa shape index (κ2) is 8.11. The lowest BCUT2D eigenvalue weighted by Gasteiger charge is -2.09. The SMILES string of the molecule is CC(=O)NNC(=O)COC(=O)COc1cc(C)ccc1Cl. The van der Waals surface area contributed by atoms with Crippen molar-refractivity contribution >= 4 is 29.4 Å². The second-order valence-corrected chi connectivity index (χ2v) is 4.52. The number of nitrogens with one attached hydrogen (secondary N) is 2. The molecule has 0 bridgehead atoms. The third kappa shape index (κ3) is 6.62.